The van der Waals surface area contributed by atoms with Gasteiger partial charge in [-0.1, -0.05) is 32.9 Å². The molecule has 0 amide bonds. The lowest BCUT2D eigenvalue weighted by Gasteiger charge is -2.30. The second kappa shape index (κ2) is 9.06. The van der Waals surface area contributed by atoms with Crippen molar-refractivity contribution in [1.29, 1.82) is 0 Å². The smallest absolute Gasteiger partial charge is 0.119 e. The summed E-state index contributed by atoms with van der Waals surface area (Å²) in [7, 11) is 1.79. The van der Waals surface area contributed by atoms with Gasteiger partial charge in [0.1, 0.15) is 5.75 Å². The summed E-state index contributed by atoms with van der Waals surface area (Å²) in [6, 6.07) is 8.58. The summed E-state index contributed by atoms with van der Waals surface area (Å²) >= 11 is 0. The van der Waals surface area contributed by atoms with Gasteiger partial charge in [0, 0.05) is 7.11 Å². The zero-order valence-electron chi connectivity index (χ0n) is 14.3. The Morgan fingerprint density at radius 2 is 1.67 bits per heavy atom. The molecule has 3 heteroatoms. The first-order chi connectivity index (χ1) is 9.99. The maximum Gasteiger partial charge on any atom is 0.119 e. The van der Waals surface area contributed by atoms with Crippen molar-refractivity contribution >= 4 is 0 Å². The van der Waals surface area contributed by atoms with Crippen molar-refractivity contribution in [3.63, 3.8) is 0 Å². The van der Waals surface area contributed by atoms with Crippen LogP contribution in [0.4, 0.5) is 0 Å². The second-order valence-corrected chi connectivity index (χ2v) is 6.11. The van der Waals surface area contributed by atoms with Crippen LogP contribution >= 0.6 is 0 Å². The molecule has 0 aromatic heterocycles. The molecule has 0 radical (unpaired) electrons. The topological polar surface area (TPSA) is 30.5 Å². The van der Waals surface area contributed by atoms with Gasteiger partial charge in [-0.2, -0.15) is 0 Å². The van der Waals surface area contributed by atoms with E-state index in [1.54, 1.807) is 7.11 Å². The van der Waals surface area contributed by atoms with Gasteiger partial charge < -0.3 is 14.8 Å². The van der Waals surface area contributed by atoms with Crippen molar-refractivity contribution in [1.82, 2.24) is 5.32 Å². The molecule has 0 aliphatic heterocycles. The lowest BCUT2D eigenvalue weighted by molar-refractivity contribution is 0.0326. The zero-order valence-corrected chi connectivity index (χ0v) is 14.3. The molecule has 0 spiro atoms. The molecule has 2 unspecified atom stereocenters. The first-order valence-electron chi connectivity index (χ1n) is 8.02. The normalized spacial score (nSPS) is 14.5. The summed E-state index contributed by atoms with van der Waals surface area (Å²) in [5, 5.41) is 3.61. The van der Waals surface area contributed by atoms with E-state index in [-0.39, 0.29) is 18.2 Å². The highest BCUT2D eigenvalue weighted by Crippen LogP contribution is 2.26. The number of benzene rings is 1. The number of hydrogen-bond acceptors (Lipinski definition) is 3. The number of nitrogens with one attached hydrogen (secondary N) is 1. The highest BCUT2D eigenvalue weighted by Gasteiger charge is 2.25. The van der Waals surface area contributed by atoms with Crippen LogP contribution in [0.3, 0.4) is 0 Å². The van der Waals surface area contributed by atoms with Gasteiger partial charge in [-0.25, -0.2) is 0 Å². The van der Waals surface area contributed by atoms with E-state index >= 15 is 0 Å². The van der Waals surface area contributed by atoms with E-state index in [1.807, 2.05) is 26.0 Å². The molecular weight excluding hydrogens is 262 g/mol. The number of methoxy groups -OCH3 is 1. The molecule has 0 bridgehead atoms. The largest absolute Gasteiger partial charge is 0.491 e. The molecule has 2 atom stereocenters. The minimum absolute atomic E-state index is 0.161. The highest BCUT2D eigenvalue weighted by molar-refractivity contribution is 5.30. The molecule has 0 aliphatic carbocycles. The van der Waals surface area contributed by atoms with Gasteiger partial charge in [0.05, 0.1) is 18.2 Å². The third kappa shape index (κ3) is 5.68. The summed E-state index contributed by atoms with van der Waals surface area (Å²) < 4.78 is 11.4. The van der Waals surface area contributed by atoms with Crippen LogP contribution in [0.15, 0.2) is 24.3 Å². The Kier molecular flexibility index (Phi) is 7.76. The van der Waals surface area contributed by atoms with Crippen LogP contribution in [0.5, 0.6) is 5.75 Å². The van der Waals surface area contributed by atoms with E-state index in [9.17, 15) is 0 Å². The summed E-state index contributed by atoms with van der Waals surface area (Å²) in [5.41, 5.74) is 1.25. The van der Waals surface area contributed by atoms with E-state index in [4.69, 9.17) is 9.47 Å². The van der Waals surface area contributed by atoms with Crippen molar-refractivity contribution in [2.24, 2.45) is 5.92 Å². The van der Waals surface area contributed by atoms with Gasteiger partial charge in [0.15, 0.2) is 0 Å². The monoisotopic (exact) mass is 293 g/mol. The lowest BCUT2D eigenvalue weighted by Crippen LogP contribution is -2.37. The van der Waals surface area contributed by atoms with E-state index in [1.165, 1.54) is 5.56 Å². The van der Waals surface area contributed by atoms with Gasteiger partial charge in [-0.15, -0.1) is 0 Å². The average molecular weight is 293 g/mol. The molecule has 120 valence electrons. The van der Waals surface area contributed by atoms with E-state index in [0.717, 1.165) is 18.7 Å². The van der Waals surface area contributed by atoms with Crippen LogP contribution < -0.4 is 10.1 Å². The first-order valence-corrected chi connectivity index (χ1v) is 8.02. The third-order valence-corrected chi connectivity index (χ3v) is 3.48. The highest BCUT2D eigenvalue weighted by atomic mass is 16.5. The fourth-order valence-corrected chi connectivity index (χ4v) is 2.54. The van der Waals surface area contributed by atoms with Gasteiger partial charge in [0.2, 0.25) is 0 Å². The van der Waals surface area contributed by atoms with E-state index in [0.29, 0.717) is 5.92 Å². The summed E-state index contributed by atoms with van der Waals surface area (Å²) in [6.45, 7) is 11.6. The minimum Gasteiger partial charge on any atom is -0.491 e. The molecule has 0 saturated heterocycles. The molecular formula is C18H31NO2. The number of rotatable bonds is 9. The zero-order chi connectivity index (χ0) is 15.8. The Morgan fingerprint density at radius 3 is 2.10 bits per heavy atom. The Labute approximate surface area is 130 Å². The number of hydrogen-bond donors (Lipinski definition) is 1. The average Bonchev–Trinajstić information content (AvgIpc) is 2.43. The molecule has 0 heterocycles. The molecule has 0 saturated carbocycles. The van der Waals surface area contributed by atoms with Crippen LogP contribution in [-0.2, 0) is 4.74 Å². The predicted octanol–water partition coefficient (Wildman–Crippen LogP) is 4.19. The Bertz CT molecular complexity index is 387. The van der Waals surface area contributed by atoms with E-state index in [2.05, 4.69) is 38.2 Å². The SMILES string of the molecule is CCCNC(c1ccc(OC(C)C)cc1)C(OC)C(C)C. The van der Waals surface area contributed by atoms with Gasteiger partial charge in [-0.05, 0) is 50.4 Å². The fourth-order valence-electron chi connectivity index (χ4n) is 2.54. The number of ether oxygens (including phenoxy) is 2. The van der Waals surface area contributed by atoms with Crippen molar-refractivity contribution in [3.05, 3.63) is 29.8 Å². The van der Waals surface area contributed by atoms with Crippen molar-refractivity contribution in [3.8, 4) is 5.75 Å². The molecule has 3 nitrogen and oxygen atoms in total. The summed E-state index contributed by atoms with van der Waals surface area (Å²) in [4.78, 5) is 0. The molecule has 0 aliphatic rings. The van der Waals surface area contributed by atoms with Crippen molar-refractivity contribution in [2.45, 2.75) is 59.3 Å². The quantitative estimate of drug-likeness (QED) is 0.740. The van der Waals surface area contributed by atoms with Gasteiger partial charge in [0.25, 0.3) is 0 Å². The predicted molar refractivity (Wildman–Crippen MR) is 88.9 cm³/mol. The third-order valence-electron chi connectivity index (χ3n) is 3.48. The molecule has 1 aromatic carbocycles. The van der Waals surface area contributed by atoms with Gasteiger partial charge in [-0.3, -0.25) is 0 Å². The molecule has 1 rings (SSSR count). The Balaban J connectivity index is 2.91. The maximum atomic E-state index is 5.73. The van der Waals surface area contributed by atoms with E-state index < -0.39 is 0 Å². The van der Waals surface area contributed by atoms with Crippen LogP contribution in [0.1, 0.15) is 52.6 Å². The summed E-state index contributed by atoms with van der Waals surface area (Å²) in [6.07, 6.45) is 1.47. The van der Waals surface area contributed by atoms with Crippen LogP contribution in [0, 0.1) is 5.92 Å². The van der Waals surface area contributed by atoms with Gasteiger partial charge >= 0.3 is 0 Å². The Hall–Kier alpha value is -1.06. The first kappa shape index (κ1) is 18.0. The van der Waals surface area contributed by atoms with Crippen LogP contribution in [-0.4, -0.2) is 25.9 Å². The molecule has 0 fully saturated rings. The minimum atomic E-state index is 0.161. The fraction of sp³-hybridized carbons (Fsp3) is 0.667. The maximum absolute atomic E-state index is 5.73. The van der Waals surface area contributed by atoms with Crippen molar-refractivity contribution in [2.75, 3.05) is 13.7 Å². The van der Waals surface area contributed by atoms with Crippen LogP contribution in [0.25, 0.3) is 0 Å². The molecule has 21 heavy (non-hydrogen) atoms. The Morgan fingerprint density at radius 1 is 1.05 bits per heavy atom. The molecule has 1 aromatic rings. The molecule has 1 N–H and O–H groups in total. The van der Waals surface area contributed by atoms with Crippen molar-refractivity contribution < 1.29 is 9.47 Å². The second-order valence-electron chi connectivity index (χ2n) is 6.11. The standard InChI is InChI=1S/C18H31NO2/c1-7-12-19-17(18(20-6)13(2)3)15-8-10-16(11-9-15)21-14(4)5/h8-11,13-14,17-19H,7,12H2,1-6H3. The lowest BCUT2D eigenvalue weighted by atomic mass is 9.93. The van der Waals surface area contributed by atoms with Crippen LogP contribution in [0.2, 0.25) is 0 Å². The summed E-state index contributed by atoms with van der Waals surface area (Å²) in [5.74, 6) is 1.37.